The average Bonchev–Trinajstić information content (AvgIpc) is 2.83. The van der Waals surface area contributed by atoms with Crippen LogP contribution in [0.3, 0.4) is 0 Å². The first-order valence-corrected chi connectivity index (χ1v) is 10.5. The molecule has 0 aliphatic carbocycles. The van der Waals surface area contributed by atoms with Crippen LogP contribution in [0.2, 0.25) is 0 Å². The minimum absolute atomic E-state index is 0.203. The van der Waals surface area contributed by atoms with Crippen molar-refractivity contribution >= 4 is 17.7 Å². The molecule has 1 aromatic rings. The van der Waals surface area contributed by atoms with Gasteiger partial charge in [0.1, 0.15) is 5.60 Å². The van der Waals surface area contributed by atoms with Crippen molar-refractivity contribution in [3.8, 4) is 0 Å². The summed E-state index contributed by atoms with van der Waals surface area (Å²) in [4.78, 5) is 29.7. The number of anilines is 1. The van der Waals surface area contributed by atoms with E-state index in [2.05, 4.69) is 39.0 Å². The quantitative estimate of drug-likeness (QED) is 0.747. The summed E-state index contributed by atoms with van der Waals surface area (Å²) in [5.74, 6) is 0.619. The van der Waals surface area contributed by atoms with E-state index >= 15 is 0 Å². The monoisotopic (exact) mass is 386 g/mol. The zero-order valence-corrected chi connectivity index (χ0v) is 18.2. The Morgan fingerprint density at radius 2 is 1.86 bits per heavy atom. The zero-order valence-electron chi connectivity index (χ0n) is 18.2. The Hall–Kier alpha value is -2.04. The van der Waals surface area contributed by atoms with Crippen LogP contribution in [0.15, 0.2) is 18.2 Å². The fourth-order valence-electron chi connectivity index (χ4n) is 4.34. The molecular weight excluding hydrogens is 352 g/mol. The highest BCUT2D eigenvalue weighted by Crippen LogP contribution is 2.49. The fraction of sp³-hybridized carbons (Fsp3) is 0.652. The van der Waals surface area contributed by atoms with Gasteiger partial charge in [0.15, 0.2) is 0 Å². The molecule has 0 bridgehead atoms. The maximum absolute atomic E-state index is 13.5. The molecule has 5 heteroatoms. The van der Waals surface area contributed by atoms with E-state index in [1.165, 1.54) is 5.56 Å². The van der Waals surface area contributed by atoms with Crippen molar-refractivity contribution in [3.63, 3.8) is 0 Å². The molecule has 0 unspecified atom stereocenters. The van der Waals surface area contributed by atoms with Crippen molar-refractivity contribution < 1.29 is 14.3 Å². The van der Waals surface area contributed by atoms with Gasteiger partial charge >= 0.3 is 6.09 Å². The minimum Gasteiger partial charge on any atom is -0.444 e. The highest BCUT2D eigenvalue weighted by Gasteiger charge is 2.52. The number of likely N-dealkylation sites (tertiary alicyclic amines) is 1. The molecule has 0 N–H and O–H groups in total. The summed E-state index contributed by atoms with van der Waals surface area (Å²) in [5.41, 5.74) is 2.46. The van der Waals surface area contributed by atoms with Crippen LogP contribution < -0.4 is 4.90 Å². The van der Waals surface area contributed by atoms with Crippen molar-refractivity contribution in [1.82, 2.24) is 4.90 Å². The fourth-order valence-corrected chi connectivity index (χ4v) is 4.34. The number of fused-ring (bicyclic) bond motifs is 2. The molecule has 154 valence electrons. The Morgan fingerprint density at radius 3 is 2.39 bits per heavy atom. The third-order valence-electron chi connectivity index (χ3n) is 5.86. The molecule has 28 heavy (non-hydrogen) atoms. The number of carbonyl (C=O) groups is 2. The number of carbonyl (C=O) groups excluding carboxylic acids is 2. The molecule has 2 aliphatic heterocycles. The number of hydrogen-bond acceptors (Lipinski definition) is 3. The van der Waals surface area contributed by atoms with Gasteiger partial charge in [0, 0.05) is 25.3 Å². The van der Waals surface area contributed by atoms with Crippen LogP contribution >= 0.6 is 0 Å². The zero-order chi connectivity index (χ0) is 20.7. The van der Waals surface area contributed by atoms with E-state index in [1.807, 2.05) is 25.7 Å². The summed E-state index contributed by atoms with van der Waals surface area (Å²) < 4.78 is 5.53. The highest BCUT2D eigenvalue weighted by atomic mass is 16.6. The molecule has 1 saturated heterocycles. The van der Waals surface area contributed by atoms with E-state index in [4.69, 9.17) is 4.74 Å². The lowest BCUT2D eigenvalue weighted by Crippen LogP contribution is -2.51. The van der Waals surface area contributed by atoms with Gasteiger partial charge in [-0.25, -0.2) is 4.79 Å². The molecule has 1 fully saturated rings. The number of benzene rings is 1. The molecule has 2 aliphatic rings. The summed E-state index contributed by atoms with van der Waals surface area (Å²) in [6.45, 7) is 13.9. The summed E-state index contributed by atoms with van der Waals surface area (Å²) in [5, 5.41) is 0. The van der Waals surface area contributed by atoms with E-state index < -0.39 is 11.0 Å². The summed E-state index contributed by atoms with van der Waals surface area (Å²) in [7, 11) is 0. The highest BCUT2D eigenvalue weighted by molar-refractivity contribution is 6.08. The molecule has 0 aromatic heterocycles. The van der Waals surface area contributed by atoms with Gasteiger partial charge < -0.3 is 14.5 Å². The van der Waals surface area contributed by atoms with Crippen molar-refractivity contribution in [1.29, 1.82) is 0 Å². The van der Waals surface area contributed by atoms with Crippen molar-refractivity contribution in [2.45, 2.75) is 77.7 Å². The topological polar surface area (TPSA) is 49.9 Å². The molecule has 2 amide bonds. The summed E-state index contributed by atoms with van der Waals surface area (Å²) >= 11 is 0. The minimum atomic E-state index is -0.508. The molecule has 5 nitrogen and oxygen atoms in total. The lowest BCUT2D eigenvalue weighted by Gasteiger charge is -2.39. The Bertz CT molecular complexity index is 756. The van der Waals surface area contributed by atoms with Crippen LogP contribution in [0.5, 0.6) is 0 Å². The standard InChI is InChI=1S/C23H34N2O3/c1-7-12-25-19-9-8-17(16(2)3)15-18(19)23(20(25)26)10-13-24(14-11-23)21(27)28-22(4,5)6/h8-9,15-16H,7,10-14H2,1-6H3. The average molecular weight is 387 g/mol. The molecule has 0 saturated carbocycles. The van der Waals surface area contributed by atoms with E-state index in [0.29, 0.717) is 31.8 Å². The molecule has 0 atom stereocenters. The predicted octanol–water partition coefficient (Wildman–Crippen LogP) is 4.84. The van der Waals surface area contributed by atoms with Gasteiger partial charge in [0.05, 0.1) is 5.41 Å². The third-order valence-corrected chi connectivity index (χ3v) is 5.86. The number of piperidine rings is 1. The van der Waals surface area contributed by atoms with Gasteiger partial charge in [-0.05, 0) is 63.1 Å². The molecule has 2 heterocycles. The van der Waals surface area contributed by atoms with E-state index in [0.717, 1.165) is 24.2 Å². The summed E-state index contributed by atoms with van der Waals surface area (Å²) in [6.07, 6.45) is 1.95. The number of hydrogen-bond donors (Lipinski definition) is 0. The Kier molecular flexibility index (Phi) is 5.48. The number of ether oxygens (including phenoxy) is 1. The van der Waals surface area contributed by atoms with E-state index in [1.54, 1.807) is 4.90 Å². The third kappa shape index (κ3) is 3.63. The first-order chi connectivity index (χ1) is 13.1. The van der Waals surface area contributed by atoms with Crippen molar-refractivity contribution in [3.05, 3.63) is 29.3 Å². The van der Waals surface area contributed by atoms with Gasteiger partial charge in [0.25, 0.3) is 0 Å². The predicted molar refractivity (Wildman–Crippen MR) is 112 cm³/mol. The Morgan fingerprint density at radius 1 is 1.21 bits per heavy atom. The van der Waals surface area contributed by atoms with Crippen LogP contribution in [-0.2, 0) is 14.9 Å². The molecule has 0 radical (unpaired) electrons. The number of rotatable bonds is 3. The summed E-state index contributed by atoms with van der Waals surface area (Å²) in [6, 6.07) is 6.50. The second-order valence-corrected chi connectivity index (χ2v) is 9.44. The van der Waals surface area contributed by atoms with Gasteiger partial charge in [-0.3, -0.25) is 4.79 Å². The molecule has 3 rings (SSSR count). The van der Waals surface area contributed by atoms with E-state index in [-0.39, 0.29) is 12.0 Å². The first-order valence-electron chi connectivity index (χ1n) is 10.5. The number of nitrogens with zero attached hydrogens (tertiary/aromatic N) is 2. The van der Waals surface area contributed by atoms with Crippen LogP contribution in [0.4, 0.5) is 10.5 Å². The molecular formula is C23H34N2O3. The van der Waals surface area contributed by atoms with Crippen LogP contribution in [0.25, 0.3) is 0 Å². The van der Waals surface area contributed by atoms with E-state index in [9.17, 15) is 9.59 Å². The van der Waals surface area contributed by atoms with Crippen molar-refractivity contribution in [2.75, 3.05) is 24.5 Å². The maximum Gasteiger partial charge on any atom is 0.410 e. The SMILES string of the molecule is CCCN1C(=O)C2(CCN(C(=O)OC(C)(C)C)CC2)c2cc(C(C)C)ccc21. The van der Waals surface area contributed by atoms with Crippen molar-refractivity contribution in [2.24, 2.45) is 0 Å². The lowest BCUT2D eigenvalue weighted by atomic mass is 9.73. The molecule has 1 aromatic carbocycles. The molecule has 1 spiro atoms. The number of amides is 2. The van der Waals surface area contributed by atoms with Gasteiger partial charge in [-0.1, -0.05) is 32.9 Å². The smallest absolute Gasteiger partial charge is 0.410 e. The van der Waals surface area contributed by atoms with Crippen LogP contribution in [0.1, 0.15) is 77.8 Å². The van der Waals surface area contributed by atoms with Gasteiger partial charge in [-0.15, -0.1) is 0 Å². The Balaban J connectivity index is 1.89. The first kappa shape index (κ1) is 20.7. The second-order valence-electron chi connectivity index (χ2n) is 9.44. The Labute approximate surface area is 169 Å². The van der Waals surface area contributed by atoms with Crippen LogP contribution in [-0.4, -0.2) is 42.1 Å². The van der Waals surface area contributed by atoms with Gasteiger partial charge in [0.2, 0.25) is 5.91 Å². The lowest BCUT2D eigenvalue weighted by molar-refractivity contribution is -0.125. The maximum atomic E-state index is 13.5. The second kappa shape index (κ2) is 7.41. The largest absolute Gasteiger partial charge is 0.444 e. The van der Waals surface area contributed by atoms with Gasteiger partial charge in [-0.2, -0.15) is 0 Å². The van der Waals surface area contributed by atoms with Crippen LogP contribution in [0, 0.1) is 0 Å². The normalized spacial score (nSPS) is 18.8.